The predicted molar refractivity (Wildman–Crippen MR) is 95.8 cm³/mol. The number of aliphatic imine (C=N–C) groups is 1. The third-order valence-corrected chi connectivity index (χ3v) is 3.18. The van der Waals surface area contributed by atoms with E-state index < -0.39 is 0 Å². The summed E-state index contributed by atoms with van der Waals surface area (Å²) in [5.74, 6) is 1.36. The zero-order valence-corrected chi connectivity index (χ0v) is 14.7. The van der Waals surface area contributed by atoms with Crippen LogP contribution in [-0.4, -0.2) is 58.9 Å². The average Bonchev–Trinajstić information content (AvgIpc) is 2.62. The van der Waals surface area contributed by atoms with Gasteiger partial charge in [-0.1, -0.05) is 0 Å². The molecule has 0 saturated carbocycles. The quantitative estimate of drug-likeness (QED) is 0.337. The lowest BCUT2D eigenvalue weighted by atomic mass is 10.2. The van der Waals surface area contributed by atoms with Crippen LogP contribution in [0.3, 0.4) is 0 Å². The van der Waals surface area contributed by atoms with Crippen molar-refractivity contribution >= 4 is 11.9 Å². The van der Waals surface area contributed by atoms with Crippen molar-refractivity contribution in [2.45, 2.75) is 13.3 Å². The van der Waals surface area contributed by atoms with Gasteiger partial charge in [-0.2, -0.15) is 0 Å². The minimum atomic E-state index is -0.110. The van der Waals surface area contributed by atoms with E-state index in [0.29, 0.717) is 31.8 Å². The van der Waals surface area contributed by atoms with Crippen LogP contribution in [0.25, 0.3) is 0 Å². The van der Waals surface area contributed by atoms with Crippen molar-refractivity contribution in [3.05, 3.63) is 29.8 Å². The van der Waals surface area contributed by atoms with Crippen molar-refractivity contribution in [1.82, 2.24) is 16.0 Å². The molecule has 0 aliphatic heterocycles. The number of methoxy groups -OCH3 is 2. The molecule has 3 N–H and O–H groups in total. The number of nitrogens with one attached hydrogen (secondary N) is 3. The summed E-state index contributed by atoms with van der Waals surface area (Å²) in [4.78, 5) is 16.5. The number of hydrogen-bond acceptors (Lipinski definition) is 4. The highest BCUT2D eigenvalue weighted by Gasteiger charge is 2.05. The number of amides is 1. The zero-order chi connectivity index (χ0) is 17.6. The third kappa shape index (κ3) is 7.82. The SMILES string of the molecule is CCNC(=NCCCOC)NCCNC(=O)c1ccc(OC)cc1. The first-order valence-electron chi connectivity index (χ1n) is 8.14. The van der Waals surface area contributed by atoms with E-state index in [2.05, 4.69) is 20.9 Å². The topological polar surface area (TPSA) is 84.0 Å². The minimum Gasteiger partial charge on any atom is -0.497 e. The molecule has 0 heterocycles. The maximum atomic E-state index is 12.0. The van der Waals surface area contributed by atoms with Crippen molar-refractivity contribution in [2.75, 3.05) is 47.0 Å². The largest absolute Gasteiger partial charge is 0.497 e. The second-order valence-corrected chi connectivity index (χ2v) is 5.02. The smallest absolute Gasteiger partial charge is 0.251 e. The Bertz CT molecular complexity index is 503. The molecule has 1 aromatic rings. The number of rotatable bonds is 10. The fraction of sp³-hybridized carbons (Fsp3) is 0.529. The Hall–Kier alpha value is -2.28. The molecule has 134 valence electrons. The lowest BCUT2D eigenvalue weighted by Gasteiger charge is -2.12. The van der Waals surface area contributed by atoms with Crippen LogP contribution in [0.15, 0.2) is 29.3 Å². The molecule has 0 atom stereocenters. The molecule has 0 radical (unpaired) electrons. The fourth-order valence-corrected chi connectivity index (χ4v) is 1.94. The van der Waals surface area contributed by atoms with Gasteiger partial charge >= 0.3 is 0 Å². The fourth-order valence-electron chi connectivity index (χ4n) is 1.94. The highest BCUT2D eigenvalue weighted by molar-refractivity contribution is 5.94. The molecule has 0 fully saturated rings. The van der Waals surface area contributed by atoms with Gasteiger partial charge in [-0.3, -0.25) is 9.79 Å². The molecule has 0 aromatic heterocycles. The van der Waals surface area contributed by atoms with Gasteiger partial charge in [-0.15, -0.1) is 0 Å². The second kappa shape index (κ2) is 12.2. The summed E-state index contributed by atoms with van der Waals surface area (Å²) in [5, 5.41) is 9.21. The number of hydrogen-bond donors (Lipinski definition) is 3. The summed E-state index contributed by atoms with van der Waals surface area (Å²) >= 11 is 0. The molecule has 7 nitrogen and oxygen atoms in total. The van der Waals surface area contributed by atoms with Gasteiger partial charge in [0.1, 0.15) is 5.75 Å². The Kier molecular flexibility index (Phi) is 10.0. The lowest BCUT2D eigenvalue weighted by Crippen LogP contribution is -2.41. The van der Waals surface area contributed by atoms with Crippen molar-refractivity contribution in [3.63, 3.8) is 0 Å². The van der Waals surface area contributed by atoms with Crippen molar-refractivity contribution in [1.29, 1.82) is 0 Å². The average molecular weight is 336 g/mol. The first kappa shape index (κ1) is 19.8. The van der Waals surface area contributed by atoms with Crippen LogP contribution in [0.4, 0.5) is 0 Å². The van der Waals surface area contributed by atoms with Crippen LogP contribution in [0.2, 0.25) is 0 Å². The van der Waals surface area contributed by atoms with Gasteiger partial charge in [0.05, 0.1) is 7.11 Å². The second-order valence-electron chi connectivity index (χ2n) is 5.02. The van der Waals surface area contributed by atoms with Crippen molar-refractivity contribution in [3.8, 4) is 5.75 Å². The van der Waals surface area contributed by atoms with E-state index >= 15 is 0 Å². The molecule has 1 amide bonds. The highest BCUT2D eigenvalue weighted by Crippen LogP contribution is 2.10. The van der Waals surface area contributed by atoms with Crippen LogP contribution < -0.4 is 20.7 Å². The molecule has 1 rings (SSSR count). The first-order chi connectivity index (χ1) is 11.7. The van der Waals surface area contributed by atoms with E-state index in [1.54, 1.807) is 38.5 Å². The van der Waals surface area contributed by atoms with Gasteiger partial charge in [0.2, 0.25) is 0 Å². The number of guanidine groups is 1. The Morgan fingerprint density at radius 2 is 1.79 bits per heavy atom. The van der Waals surface area contributed by atoms with E-state index in [-0.39, 0.29) is 5.91 Å². The summed E-state index contributed by atoms with van der Waals surface area (Å²) in [6.45, 7) is 5.29. The summed E-state index contributed by atoms with van der Waals surface area (Å²) in [7, 11) is 3.28. The molecule has 0 bridgehead atoms. The van der Waals surface area contributed by atoms with Crippen LogP contribution in [-0.2, 0) is 4.74 Å². The predicted octanol–water partition coefficient (Wildman–Crippen LogP) is 1.02. The Labute approximate surface area is 143 Å². The summed E-state index contributed by atoms with van der Waals surface area (Å²) in [6, 6.07) is 7.01. The molecule has 0 aliphatic rings. The number of carbonyl (C=O) groups excluding carboxylic acids is 1. The Morgan fingerprint density at radius 1 is 1.08 bits per heavy atom. The number of nitrogens with zero attached hydrogens (tertiary/aromatic N) is 1. The Morgan fingerprint density at radius 3 is 2.42 bits per heavy atom. The first-order valence-corrected chi connectivity index (χ1v) is 8.14. The Balaban J connectivity index is 2.31. The molecule has 0 saturated heterocycles. The summed E-state index contributed by atoms with van der Waals surface area (Å²) in [6.07, 6.45) is 0.876. The zero-order valence-electron chi connectivity index (χ0n) is 14.7. The molecule has 24 heavy (non-hydrogen) atoms. The molecular formula is C17H28N4O3. The van der Waals surface area contributed by atoms with Crippen LogP contribution in [0.1, 0.15) is 23.7 Å². The third-order valence-electron chi connectivity index (χ3n) is 3.18. The van der Waals surface area contributed by atoms with Crippen molar-refractivity contribution < 1.29 is 14.3 Å². The maximum Gasteiger partial charge on any atom is 0.251 e. The molecule has 1 aromatic carbocycles. The minimum absolute atomic E-state index is 0.110. The van der Waals surface area contributed by atoms with E-state index in [9.17, 15) is 4.79 Å². The van der Waals surface area contributed by atoms with Crippen LogP contribution >= 0.6 is 0 Å². The van der Waals surface area contributed by atoms with Gasteiger partial charge in [-0.25, -0.2) is 0 Å². The van der Waals surface area contributed by atoms with Gasteiger partial charge in [-0.05, 0) is 37.6 Å². The normalized spacial score (nSPS) is 11.0. The lowest BCUT2D eigenvalue weighted by molar-refractivity contribution is 0.0954. The van der Waals surface area contributed by atoms with Crippen LogP contribution in [0.5, 0.6) is 5.75 Å². The number of carbonyl (C=O) groups is 1. The van der Waals surface area contributed by atoms with Gasteiger partial charge in [0.25, 0.3) is 5.91 Å². The number of benzene rings is 1. The molecular weight excluding hydrogens is 308 g/mol. The van der Waals surface area contributed by atoms with E-state index in [1.807, 2.05) is 6.92 Å². The van der Waals surface area contributed by atoms with E-state index in [4.69, 9.17) is 9.47 Å². The van der Waals surface area contributed by atoms with E-state index in [0.717, 1.165) is 24.7 Å². The van der Waals surface area contributed by atoms with Gasteiger partial charge in [0, 0.05) is 45.5 Å². The van der Waals surface area contributed by atoms with Crippen molar-refractivity contribution in [2.24, 2.45) is 4.99 Å². The van der Waals surface area contributed by atoms with Gasteiger partial charge in [0.15, 0.2) is 5.96 Å². The number of ether oxygens (including phenoxy) is 2. The summed E-state index contributed by atoms with van der Waals surface area (Å²) < 4.78 is 10.1. The highest BCUT2D eigenvalue weighted by atomic mass is 16.5. The molecule has 0 unspecified atom stereocenters. The standard InChI is InChI=1S/C17H28N4O3/c1-4-18-17(20-10-5-13-23-2)21-12-11-19-16(22)14-6-8-15(24-3)9-7-14/h6-9H,4-5,10-13H2,1-3H3,(H,19,22)(H2,18,20,21). The van der Waals surface area contributed by atoms with E-state index in [1.165, 1.54) is 0 Å². The van der Waals surface area contributed by atoms with Crippen LogP contribution in [0, 0.1) is 0 Å². The monoisotopic (exact) mass is 336 g/mol. The maximum absolute atomic E-state index is 12.0. The molecule has 0 spiro atoms. The molecule has 7 heteroatoms. The van der Waals surface area contributed by atoms with Gasteiger partial charge < -0.3 is 25.4 Å². The summed E-state index contributed by atoms with van der Waals surface area (Å²) in [5.41, 5.74) is 0.607. The molecule has 0 aliphatic carbocycles.